The predicted molar refractivity (Wildman–Crippen MR) is 93.5 cm³/mol. The third-order valence-electron chi connectivity index (χ3n) is 4.24. The van der Waals surface area contributed by atoms with E-state index in [-0.39, 0.29) is 23.5 Å². The van der Waals surface area contributed by atoms with E-state index >= 15 is 0 Å². The van der Waals surface area contributed by atoms with Gasteiger partial charge in [0.2, 0.25) is 0 Å². The topological polar surface area (TPSA) is 41.9 Å². The fourth-order valence-corrected chi connectivity index (χ4v) is 2.55. The first-order valence-electron chi connectivity index (χ1n) is 8.10. The van der Waals surface area contributed by atoms with Gasteiger partial charge in [-0.05, 0) is 36.8 Å². The van der Waals surface area contributed by atoms with Gasteiger partial charge in [0.25, 0.3) is 0 Å². The maximum absolute atomic E-state index is 13.3. The van der Waals surface area contributed by atoms with Crippen molar-refractivity contribution in [1.82, 2.24) is 15.0 Å². The Labute approximate surface area is 153 Å². The molecule has 2 aromatic heterocycles. The van der Waals surface area contributed by atoms with Crippen molar-refractivity contribution in [2.75, 3.05) is 11.9 Å². The highest BCUT2D eigenvalue weighted by atomic mass is 19.4. The van der Waals surface area contributed by atoms with E-state index in [1.807, 2.05) is 0 Å². The van der Waals surface area contributed by atoms with E-state index in [2.05, 4.69) is 15.0 Å². The molecule has 0 amide bonds. The number of anilines is 1. The maximum Gasteiger partial charge on any atom is 0.433 e. The van der Waals surface area contributed by atoms with Crippen LogP contribution >= 0.6 is 0 Å². The fraction of sp³-hybridized carbons (Fsp3) is 0.211. The standard InChI is InChI=1S/C19H16F4N4/c1-12(13-3-5-15(20)6-4-13)27(2)17-11-16(19(21,22)23)25-18(26-17)14-7-9-24-10-8-14/h3-12H,1-2H3. The average molecular weight is 376 g/mol. The molecule has 1 unspecified atom stereocenters. The number of aromatic nitrogens is 3. The lowest BCUT2D eigenvalue weighted by atomic mass is 10.1. The van der Waals surface area contributed by atoms with Gasteiger partial charge in [-0.25, -0.2) is 14.4 Å². The second-order valence-electron chi connectivity index (χ2n) is 6.01. The van der Waals surface area contributed by atoms with Crippen LogP contribution < -0.4 is 4.90 Å². The summed E-state index contributed by atoms with van der Waals surface area (Å²) in [7, 11) is 1.63. The number of hydrogen-bond donors (Lipinski definition) is 0. The second-order valence-corrected chi connectivity index (χ2v) is 6.01. The highest BCUT2D eigenvalue weighted by Crippen LogP contribution is 2.33. The van der Waals surface area contributed by atoms with Crippen molar-refractivity contribution in [2.45, 2.75) is 19.1 Å². The molecular formula is C19H16F4N4. The number of nitrogens with zero attached hydrogens (tertiary/aromatic N) is 4. The molecule has 8 heteroatoms. The lowest BCUT2D eigenvalue weighted by Crippen LogP contribution is -2.24. The molecule has 0 saturated heterocycles. The molecule has 140 valence electrons. The van der Waals surface area contributed by atoms with Crippen LogP contribution in [0.3, 0.4) is 0 Å². The van der Waals surface area contributed by atoms with Crippen LogP contribution in [-0.2, 0) is 6.18 Å². The van der Waals surface area contributed by atoms with E-state index in [9.17, 15) is 17.6 Å². The van der Waals surface area contributed by atoms with Gasteiger partial charge in [0.15, 0.2) is 11.5 Å². The minimum atomic E-state index is -4.61. The molecule has 0 bridgehead atoms. The zero-order valence-corrected chi connectivity index (χ0v) is 14.6. The molecule has 4 nitrogen and oxygen atoms in total. The molecule has 0 aliphatic carbocycles. The maximum atomic E-state index is 13.3. The third kappa shape index (κ3) is 4.21. The zero-order chi connectivity index (χ0) is 19.6. The number of halogens is 4. The lowest BCUT2D eigenvalue weighted by molar-refractivity contribution is -0.141. The molecule has 0 N–H and O–H groups in total. The number of alkyl halides is 3. The van der Waals surface area contributed by atoms with Gasteiger partial charge in [-0.2, -0.15) is 13.2 Å². The van der Waals surface area contributed by atoms with Crippen LogP contribution in [0.4, 0.5) is 23.4 Å². The summed E-state index contributed by atoms with van der Waals surface area (Å²) in [5, 5.41) is 0. The summed E-state index contributed by atoms with van der Waals surface area (Å²) in [4.78, 5) is 13.4. The van der Waals surface area contributed by atoms with Crippen LogP contribution in [0.5, 0.6) is 0 Å². The molecular weight excluding hydrogens is 360 g/mol. The number of rotatable bonds is 4. The van der Waals surface area contributed by atoms with Gasteiger partial charge < -0.3 is 4.90 Å². The molecule has 3 rings (SSSR count). The second kappa shape index (κ2) is 7.30. The minimum absolute atomic E-state index is 0.0413. The van der Waals surface area contributed by atoms with Crippen molar-refractivity contribution >= 4 is 5.82 Å². The molecule has 0 fully saturated rings. The Bertz CT molecular complexity index is 911. The van der Waals surface area contributed by atoms with E-state index in [0.717, 1.165) is 11.6 Å². The first kappa shape index (κ1) is 18.8. The van der Waals surface area contributed by atoms with Gasteiger partial charge in [0, 0.05) is 31.1 Å². The predicted octanol–water partition coefficient (Wildman–Crippen LogP) is 4.89. The molecule has 0 aliphatic rings. The van der Waals surface area contributed by atoms with Crippen LogP contribution in [0.2, 0.25) is 0 Å². The average Bonchev–Trinajstić information content (AvgIpc) is 2.67. The molecule has 1 aromatic carbocycles. The molecule has 0 aliphatic heterocycles. The van der Waals surface area contributed by atoms with Gasteiger partial charge in [0.1, 0.15) is 11.6 Å². The van der Waals surface area contributed by atoms with Crippen molar-refractivity contribution in [3.05, 3.63) is 71.9 Å². The van der Waals surface area contributed by atoms with Crippen molar-refractivity contribution < 1.29 is 17.6 Å². The minimum Gasteiger partial charge on any atom is -0.353 e. The van der Waals surface area contributed by atoms with Crippen molar-refractivity contribution in [3.8, 4) is 11.4 Å². The quantitative estimate of drug-likeness (QED) is 0.608. The largest absolute Gasteiger partial charge is 0.433 e. The van der Waals surface area contributed by atoms with E-state index < -0.39 is 11.9 Å². The van der Waals surface area contributed by atoms with E-state index in [4.69, 9.17) is 0 Å². The molecule has 0 saturated carbocycles. The molecule has 0 spiro atoms. The molecule has 0 radical (unpaired) electrons. The molecule has 3 aromatic rings. The summed E-state index contributed by atoms with van der Waals surface area (Å²) in [6.45, 7) is 1.80. The third-order valence-corrected chi connectivity index (χ3v) is 4.24. The van der Waals surface area contributed by atoms with E-state index in [1.165, 1.54) is 24.5 Å². The van der Waals surface area contributed by atoms with Crippen molar-refractivity contribution in [1.29, 1.82) is 0 Å². The highest BCUT2D eigenvalue weighted by molar-refractivity contribution is 5.57. The van der Waals surface area contributed by atoms with Crippen LogP contribution in [0.1, 0.15) is 24.2 Å². The highest BCUT2D eigenvalue weighted by Gasteiger charge is 2.34. The Kier molecular flexibility index (Phi) is 5.07. The van der Waals surface area contributed by atoms with Crippen LogP contribution in [-0.4, -0.2) is 22.0 Å². The summed E-state index contributed by atoms with van der Waals surface area (Å²) in [5.41, 5.74) is 0.147. The molecule has 2 heterocycles. The van der Waals surface area contributed by atoms with Crippen molar-refractivity contribution in [3.63, 3.8) is 0 Å². The Balaban J connectivity index is 2.04. The van der Waals surface area contributed by atoms with Gasteiger partial charge in [0.05, 0.1) is 6.04 Å². The van der Waals surface area contributed by atoms with Gasteiger partial charge >= 0.3 is 6.18 Å². The Morgan fingerprint density at radius 2 is 1.59 bits per heavy atom. The smallest absolute Gasteiger partial charge is 0.353 e. The Hall–Kier alpha value is -3.03. The van der Waals surface area contributed by atoms with Gasteiger partial charge in [-0.3, -0.25) is 4.98 Å². The summed E-state index contributed by atoms with van der Waals surface area (Å²) < 4.78 is 53.1. The van der Waals surface area contributed by atoms with Crippen LogP contribution in [0, 0.1) is 5.82 Å². The van der Waals surface area contributed by atoms with Crippen molar-refractivity contribution in [2.24, 2.45) is 0 Å². The van der Waals surface area contributed by atoms with Gasteiger partial charge in [-0.1, -0.05) is 12.1 Å². The van der Waals surface area contributed by atoms with Crippen LogP contribution in [0.25, 0.3) is 11.4 Å². The van der Waals surface area contributed by atoms with Crippen LogP contribution in [0.15, 0.2) is 54.9 Å². The number of pyridine rings is 1. The fourth-order valence-electron chi connectivity index (χ4n) is 2.55. The summed E-state index contributed by atoms with van der Waals surface area (Å²) in [6, 6.07) is 9.47. The first-order chi connectivity index (χ1) is 12.8. The van der Waals surface area contributed by atoms with E-state index in [1.54, 1.807) is 43.1 Å². The zero-order valence-electron chi connectivity index (χ0n) is 14.6. The molecule has 27 heavy (non-hydrogen) atoms. The number of benzene rings is 1. The first-order valence-corrected chi connectivity index (χ1v) is 8.10. The summed E-state index contributed by atoms with van der Waals surface area (Å²) >= 11 is 0. The summed E-state index contributed by atoms with van der Waals surface area (Å²) in [5.74, 6) is -0.309. The summed E-state index contributed by atoms with van der Waals surface area (Å²) in [6.07, 6.45) is -1.69. The number of hydrogen-bond acceptors (Lipinski definition) is 4. The molecule has 1 atom stereocenters. The normalized spacial score (nSPS) is 12.7. The SMILES string of the molecule is CC(c1ccc(F)cc1)N(C)c1cc(C(F)(F)F)nc(-c2ccncc2)n1. The Morgan fingerprint density at radius 1 is 0.963 bits per heavy atom. The van der Waals surface area contributed by atoms with Gasteiger partial charge in [-0.15, -0.1) is 0 Å². The monoisotopic (exact) mass is 376 g/mol. The Morgan fingerprint density at radius 3 is 2.19 bits per heavy atom. The lowest BCUT2D eigenvalue weighted by Gasteiger charge is -2.27. The van der Waals surface area contributed by atoms with E-state index in [0.29, 0.717) is 5.56 Å².